The first-order valence-electron chi connectivity index (χ1n) is 12.2. The molecule has 0 aliphatic rings. The molecule has 0 aromatic heterocycles. The average Bonchev–Trinajstić information content (AvgIpc) is 2.90. The summed E-state index contributed by atoms with van der Waals surface area (Å²) in [6, 6.07) is 24.5. The Morgan fingerprint density at radius 2 is 1.48 bits per heavy atom. The van der Waals surface area contributed by atoms with Gasteiger partial charge in [-0.05, 0) is 91.2 Å². The Hall–Kier alpha value is -3.86. The zero-order chi connectivity index (χ0) is 29.1. The highest BCUT2D eigenvalue weighted by atomic mass is 35.5. The normalized spacial score (nSPS) is 11.6. The Balaban J connectivity index is 1.46. The minimum absolute atomic E-state index is 0.0174. The molecule has 1 amide bonds. The van der Waals surface area contributed by atoms with E-state index in [1.807, 2.05) is 31.2 Å². The van der Waals surface area contributed by atoms with E-state index in [-0.39, 0.29) is 11.4 Å². The third-order valence-corrected chi connectivity index (χ3v) is 9.26. The van der Waals surface area contributed by atoms with Gasteiger partial charge in [-0.15, -0.1) is 0 Å². The van der Waals surface area contributed by atoms with Gasteiger partial charge in [0.2, 0.25) is 10.0 Å². The number of anilines is 3. The fourth-order valence-electron chi connectivity index (χ4n) is 3.96. The average molecular weight is 598 g/mol. The summed E-state index contributed by atoms with van der Waals surface area (Å²) >= 11 is 6.09. The van der Waals surface area contributed by atoms with Crippen molar-refractivity contribution in [3.63, 3.8) is 0 Å². The zero-order valence-electron chi connectivity index (χ0n) is 22.1. The van der Waals surface area contributed by atoms with Crippen molar-refractivity contribution in [2.24, 2.45) is 0 Å². The van der Waals surface area contributed by atoms with Gasteiger partial charge in [0.05, 0.1) is 29.1 Å². The predicted octanol–water partition coefficient (Wildman–Crippen LogP) is 5.98. The monoisotopic (exact) mass is 597 g/mol. The highest BCUT2D eigenvalue weighted by Crippen LogP contribution is 2.26. The Morgan fingerprint density at radius 3 is 2.10 bits per heavy atom. The summed E-state index contributed by atoms with van der Waals surface area (Å²) in [7, 11) is -7.46. The molecule has 0 saturated carbocycles. The number of halogens is 1. The maximum atomic E-state index is 12.8. The lowest BCUT2D eigenvalue weighted by Gasteiger charge is -2.23. The molecule has 8 nitrogen and oxygen atoms in total. The first-order valence-corrected chi connectivity index (χ1v) is 15.9. The van der Waals surface area contributed by atoms with Crippen molar-refractivity contribution in [2.75, 3.05) is 20.6 Å². The van der Waals surface area contributed by atoms with Crippen molar-refractivity contribution in [1.82, 2.24) is 0 Å². The maximum absolute atomic E-state index is 12.8. The molecule has 4 aromatic carbocycles. The Morgan fingerprint density at radius 1 is 0.825 bits per heavy atom. The molecule has 0 aliphatic heterocycles. The summed E-state index contributed by atoms with van der Waals surface area (Å²) in [6.45, 7) is 3.80. The van der Waals surface area contributed by atoms with Gasteiger partial charge >= 0.3 is 0 Å². The summed E-state index contributed by atoms with van der Waals surface area (Å²) in [5.74, 6) is -0.431. The molecule has 0 spiro atoms. The molecule has 0 fully saturated rings. The van der Waals surface area contributed by atoms with Gasteiger partial charge in [-0.1, -0.05) is 41.9 Å². The number of amides is 1. The Kier molecular flexibility index (Phi) is 8.53. The summed E-state index contributed by atoms with van der Waals surface area (Å²) in [5, 5.41) is 3.17. The van der Waals surface area contributed by atoms with E-state index in [2.05, 4.69) is 10.0 Å². The molecule has 0 unspecified atom stereocenters. The number of hydrogen-bond acceptors (Lipinski definition) is 5. The molecule has 4 aromatic rings. The smallest absolute Gasteiger partial charge is 0.261 e. The van der Waals surface area contributed by atoms with Crippen LogP contribution in [0.4, 0.5) is 17.1 Å². The molecule has 0 bridgehead atoms. The number of carbonyl (C=O) groups excluding carboxylic acids is 1. The molecule has 40 heavy (non-hydrogen) atoms. The van der Waals surface area contributed by atoms with Crippen LogP contribution in [0.3, 0.4) is 0 Å². The number of rotatable bonds is 9. The first kappa shape index (κ1) is 29.1. The molecule has 0 heterocycles. The van der Waals surface area contributed by atoms with Crippen LogP contribution in [0.1, 0.15) is 27.0 Å². The second-order valence-corrected chi connectivity index (χ2v) is 13.2. The van der Waals surface area contributed by atoms with Crippen LogP contribution < -0.4 is 14.3 Å². The molecular weight excluding hydrogens is 570 g/mol. The fourth-order valence-corrected chi connectivity index (χ4v) is 6.14. The van der Waals surface area contributed by atoms with Gasteiger partial charge in [0.1, 0.15) is 0 Å². The van der Waals surface area contributed by atoms with Gasteiger partial charge in [-0.2, -0.15) is 0 Å². The number of hydrogen-bond donors (Lipinski definition) is 2. The molecule has 0 aliphatic carbocycles. The number of benzene rings is 4. The van der Waals surface area contributed by atoms with Crippen LogP contribution in [0.5, 0.6) is 0 Å². The summed E-state index contributed by atoms with van der Waals surface area (Å²) in [6.07, 6.45) is 1.14. The van der Waals surface area contributed by atoms with E-state index in [1.165, 1.54) is 40.7 Å². The molecule has 4 rings (SSSR count). The minimum atomic E-state index is -3.88. The van der Waals surface area contributed by atoms with Gasteiger partial charge in [0.25, 0.3) is 15.9 Å². The SMILES string of the molecule is Cc1ccccc1CN(c1ccc(C(=O)Nc2ccc(S(=O)(=O)Nc3cccc(Cl)c3C)cc2)cc1)S(C)(=O)=O. The second-order valence-electron chi connectivity index (χ2n) is 9.24. The van der Waals surface area contributed by atoms with E-state index >= 15 is 0 Å². The van der Waals surface area contributed by atoms with Crippen LogP contribution in [0.25, 0.3) is 0 Å². The predicted molar refractivity (Wildman–Crippen MR) is 160 cm³/mol. The van der Waals surface area contributed by atoms with E-state index in [1.54, 1.807) is 37.3 Å². The quantitative estimate of drug-likeness (QED) is 0.247. The minimum Gasteiger partial charge on any atom is -0.322 e. The van der Waals surface area contributed by atoms with Crippen LogP contribution >= 0.6 is 11.6 Å². The van der Waals surface area contributed by atoms with Crippen LogP contribution in [-0.4, -0.2) is 29.0 Å². The number of nitrogens with one attached hydrogen (secondary N) is 2. The van der Waals surface area contributed by atoms with E-state index in [9.17, 15) is 21.6 Å². The highest BCUT2D eigenvalue weighted by molar-refractivity contribution is 7.92. The van der Waals surface area contributed by atoms with Gasteiger partial charge in [0.15, 0.2) is 0 Å². The van der Waals surface area contributed by atoms with E-state index in [4.69, 9.17) is 11.6 Å². The standard InChI is InChI=1S/C29H28ClN3O5S2/c1-20-7-4-5-8-23(20)19-33(39(3,35)36)25-15-11-22(12-16-25)29(34)31-24-13-17-26(18-14-24)40(37,38)32-28-10-6-9-27(30)21(28)2/h4-18,32H,19H2,1-3H3,(H,31,34). The van der Waals surface area contributed by atoms with Gasteiger partial charge in [-0.25, -0.2) is 16.8 Å². The van der Waals surface area contributed by atoms with Crippen molar-refractivity contribution in [3.05, 3.63) is 118 Å². The Labute approximate surface area is 239 Å². The number of sulfonamides is 2. The second kappa shape index (κ2) is 11.7. The van der Waals surface area contributed by atoms with Crippen molar-refractivity contribution in [2.45, 2.75) is 25.3 Å². The molecule has 0 radical (unpaired) electrons. The maximum Gasteiger partial charge on any atom is 0.261 e. The number of aryl methyl sites for hydroxylation is 1. The molecule has 0 saturated heterocycles. The Bertz CT molecular complexity index is 1760. The van der Waals surface area contributed by atoms with Crippen LogP contribution in [0, 0.1) is 13.8 Å². The fraction of sp³-hybridized carbons (Fsp3) is 0.138. The van der Waals surface area contributed by atoms with Crippen LogP contribution in [-0.2, 0) is 26.6 Å². The zero-order valence-corrected chi connectivity index (χ0v) is 24.4. The molecule has 0 atom stereocenters. The third kappa shape index (κ3) is 6.82. The highest BCUT2D eigenvalue weighted by Gasteiger charge is 2.20. The largest absolute Gasteiger partial charge is 0.322 e. The number of carbonyl (C=O) groups is 1. The van der Waals surface area contributed by atoms with Gasteiger partial charge in [0, 0.05) is 16.3 Å². The van der Waals surface area contributed by atoms with Crippen LogP contribution in [0.2, 0.25) is 5.02 Å². The lowest BCUT2D eigenvalue weighted by atomic mass is 10.1. The first-order chi connectivity index (χ1) is 18.8. The van der Waals surface area contributed by atoms with Crippen molar-refractivity contribution >= 4 is 54.6 Å². The third-order valence-electron chi connectivity index (χ3n) is 6.33. The summed E-state index contributed by atoms with van der Waals surface area (Å²) < 4.78 is 54.5. The lowest BCUT2D eigenvalue weighted by Crippen LogP contribution is -2.29. The molecule has 11 heteroatoms. The van der Waals surface area contributed by atoms with E-state index in [0.29, 0.717) is 33.2 Å². The topological polar surface area (TPSA) is 113 Å². The van der Waals surface area contributed by atoms with Crippen molar-refractivity contribution in [3.8, 4) is 0 Å². The summed E-state index contributed by atoms with van der Waals surface area (Å²) in [5.41, 5.74) is 3.96. The van der Waals surface area contributed by atoms with Gasteiger partial charge in [-0.3, -0.25) is 13.8 Å². The molecule has 2 N–H and O–H groups in total. The van der Waals surface area contributed by atoms with Crippen molar-refractivity contribution in [1.29, 1.82) is 0 Å². The van der Waals surface area contributed by atoms with Gasteiger partial charge < -0.3 is 5.32 Å². The van der Waals surface area contributed by atoms with E-state index in [0.717, 1.165) is 17.4 Å². The molecule has 208 valence electrons. The molecular formula is C29H28ClN3O5S2. The van der Waals surface area contributed by atoms with Crippen LogP contribution in [0.15, 0.2) is 95.9 Å². The lowest BCUT2D eigenvalue weighted by molar-refractivity contribution is 0.102. The van der Waals surface area contributed by atoms with Crippen molar-refractivity contribution < 1.29 is 21.6 Å². The summed E-state index contributed by atoms with van der Waals surface area (Å²) in [4.78, 5) is 12.9. The number of nitrogens with zero attached hydrogens (tertiary/aromatic N) is 1. The van der Waals surface area contributed by atoms with E-state index < -0.39 is 26.0 Å².